The standard InChI is InChI=1S/C14H12N2O2/c15-8-11(9-5-6-9)16-14(17)13-7-10-3-1-2-4-12(10)18-13/h1-4,7,9,11H,5-6H2,(H,16,17). The number of furan rings is 1. The Morgan fingerprint density at radius 3 is 2.89 bits per heavy atom. The number of nitrogens with one attached hydrogen (secondary N) is 1. The Bertz CT molecular complexity index is 602. The molecule has 1 amide bonds. The van der Waals surface area contributed by atoms with Crippen LogP contribution in [-0.2, 0) is 0 Å². The second kappa shape index (κ2) is 4.19. The molecule has 3 rings (SSSR count). The van der Waals surface area contributed by atoms with Gasteiger partial charge >= 0.3 is 0 Å². The number of carbonyl (C=O) groups excluding carboxylic acids is 1. The van der Waals surface area contributed by atoms with E-state index >= 15 is 0 Å². The van der Waals surface area contributed by atoms with Crippen molar-refractivity contribution in [3.63, 3.8) is 0 Å². The number of carbonyl (C=O) groups is 1. The van der Waals surface area contributed by atoms with Gasteiger partial charge in [0.1, 0.15) is 11.6 Å². The minimum absolute atomic E-state index is 0.261. The minimum Gasteiger partial charge on any atom is -0.451 e. The molecule has 0 aliphatic heterocycles. The molecule has 0 radical (unpaired) electrons. The zero-order chi connectivity index (χ0) is 12.5. The van der Waals surface area contributed by atoms with Crippen LogP contribution >= 0.6 is 0 Å². The molecule has 1 aromatic carbocycles. The lowest BCUT2D eigenvalue weighted by molar-refractivity contribution is 0.0916. The van der Waals surface area contributed by atoms with Crippen LogP contribution in [0.5, 0.6) is 0 Å². The van der Waals surface area contributed by atoms with Crippen molar-refractivity contribution in [1.82, 2.24) is 5.32 Å². The number of nitrogens with zero attached hydrogens (tertiary/aromatic N) is 1. The van der Waals surface area contributed by atoms with E-state index in [2.05, 4.69) is 11.4 Å². The fraction of sp³-hybridized carbons (Fsp3) is 0.286. The minimum atomic E-state index is -0.397. The Morgan fingerprint density at radius 2 is 2.22 bits per heavy atom. The molecule has 1 heterocycles. The monoisotopic (exact) mass is 240 g/mol. The van der Waals surface area contributed by atoms with Gasteiger partial charge < -0.3 is 9.73 Å². The summed E-state index contributed by atoms with van der Waals surface area (Å²) >= 11 is 0. The van der Waals surface area contributed by atoms with Gasteiger partial charge in [0.05, 0.1) is 6.07 Å². The second-order valence-corrected chi connectivity index (χ2v) is 4.57. The summed E-state index contributed by atoms with van der Waals surface area (Å²) in [5, 5.41) is 12.6. The number of hydrogen-bond donors (Lipinski definition) is 1. The summed E-state index contributed by atoms with van der Waals surface area (Å²) in [6, 6.07) is 10.9. The van der Waals surface area contributed by atoms with Crippen molar-refractivity contribution in [3.05, 3.63) is 36.1 Å². The first-order valence-electron chi connectivity index (χ1n) is 5.97. The number of para-hydroxylation sites is 1. The van der Waals surface area contributed by atoms with Crippen LogP contribution in [0.2, 0.25) is 0 Å². The molecule has 1 unspecified atom stereocenters. The number of rotatable bonds is 3. The van der Waals surface area contributed by atoms with Gasteiger partial charge in [-0.25, -0.2) is 0 Å². The predicted octanol–water partition coefficient (Wildman–Crippen LogP) is 2.46. The average Bonchev–Trinajstić information content (AvgIpc) is 3.13. The molecule has 0 bridgehead atoms. The maximum atomic E-state index is 12.0. The van der Waals surface area contributed by atoms with Crippen LogP contribution in [0, 0.1) is 17.2 Å². The molecule has 1 atom stereocenters. The highest BCUT2D eigenvalue weighted by Gasteiger charge is 2.33. The van der Waals surface area contributed by atoms with E-state index in [1.165, 1.54) is 0 Å². The van der Waals surface area contributed by atoms with Crippen LogP contribution in [0.25, 0.3) is 11.0 Å². The summed E-state index contributed by atoms with van der Waals surface area (Å²) in [5.74, 6) is 0.255. The zero-order valence-corrected chi connectivity index (χ0v) is 9.72. The van der Waals surface area contributed by atoms with Gasteiger partial charge in [-0.15, -0.1) is 0 Å². The molecule has 4 heteroatoms. The van der Waals surface area contributed by atoms with Crippen molar-refractivity contribution < 1.29 is 9.21 Å². The van der Waals surface area contributed by atoms with Crippen molar-refractivity contribution in [3.8, 4) is 6.07 Å². The zero-order valence-electron chi connectivity index (χ0n) is 9.72. The molecule has 0 saturated heterocycles. The van der Waals surface area contributed by atoms with Crippen LogP contribution in [-0.4, -0.2) is 11.9 Å². The van der Waals surface area contributed by atoms with E-state index in [9.17, 15) is 4.79 Å². The fourth-order valence-corrected chi connectivity index (χ4v) is 1.99. The van der Waals surface area contributed by atoms with Crippen LogP contribution in [0.3, 0.4) is 0 Å². The first-order chi connectivity index (χ1) is 8.78. The molecule has 0 spiro atoms. The molecular weight excluding hydrogens is 228 g/mol. The lowest BCUT2D eigenvalue weighted by atomic mass is 10.2. The molecule has 1 aliphatic rings. The van der Waals surface area contributed by atoms with Gasteiger partial charge in [0, 0.05) is 5.39 Å². The third kappa shape index (κ3) is 1.95. The van der Waals surface area contributed by atoms with Gasteiger partial charge in [0.2, 0.25) is 0 Å². The molecule has 1 aliphatic carbocycles. The molecule has 1 aromatic heterocycles. The smallest absolute Gasteiger partial charge is 0.288 e. The van der Waals surface area contributed by atoms with E-state index in [4.69, 9.17) is 9.68 Å². The number of benzene rings is 1. The highest BCUT2D eigenvalue weighted by atomic mass is 16.3. The first-order valence-corrected chi connectivity index (χ1v) is 5.97. The number of fused-ring (bicyclic) bond motifs is 1. The van der Waals surface area contributed by atoms with Crippen LogP contribution in [0.1, 0.15) is 23.4 Å². The predicted molar refractivity (Wildman–Crippen MR) is 65.8 cm³/mol. The Labute approximate surface area is 104 Å². The topological polar surface area (TPSA) is 66.0 Å². The fourth-order valence-electron chi connectivity index (χ4n) is 1.99. The quantitative estimate of drug-likeness (QED) is 0.896. The molecule has 1 fully saturated rings. The van der Waals surface area contributed by atoms with Crippen LogP contribution in [0.15, 0.2) is 34.7 Å². The summed E-state index contributed by atoms with van der Waals surface area (Å²) < 4.78 is 5.45. The molecule has 90 valence electrons. The van der Waals surface area contributed by atoms with Gasteiger partial charge in [-0.1, -0.05) is 18.2 Å². The van der Waals surface area contributed by atoms with Gasteiger partial charge in [0.15, 0.2) is 5.76 Å². The van der Waals surface area contributed by atoms with Crippen LogP contribution in [0.4, 0.5) is 0 Å². The molecule has 1 N–H and O–H groups in total. The normalized spacial score (nSPS) is 16.2. The Hall–Kier alpha value is -2.28. The average molecular weight is 240 g/mol. The van der Waals surface area contributed by atoms with E-state index < -0.39 is 6.04 Å². The molecular formula is C14H12N2O2. The van der Waals surface area contributed by atoms with E-state index in [1.807, 2.05) is 24.3 Å². The van der Waals surface area contributed by atoms with Crippen molar-refractivity contribution >= 4 is 16.9 Å². The summed E-state index contributed by atoms with van der Waals surface area (Å²) in [5.41, 5.74) is 0.683. The largest absolute Gasteiger partial charge is 0.451 e. The van der Waals surface area contributed by atoms with E-state index in [0.29, 0.717) is 11.5 Å². The third-order valence-corrected chi connectivity index (χ3v) is 3.17. The SMILES string of the molecule is N#CC(NC(=O)c1cc2ccccc2o1)C1CC1. The highest BCUT2D eigenvalue weighted by Crippen LogP contribution is 2.32. The number of nitriles is 1. The maximum absolute atomic E-state index is 12.0. The van der Waals surface area contributed by atoms with Gasteiger partial charge in [-0.05, 0) is 30.9 Å². The molecule has 2 aromatic rings. The van der Waals surface area contributed by atoms with Crippen LogP contribution < -0.4 is 5.32 Å². The Kier molecular flexibility index (Phi) is 2.52. The maximum Gasteiger partial charge on any atom is 0.288 e. The summed E-state index contributed by atoms with van der Waals surface area (Å²) in [6.07, 6.45) is 2.03. The van der Waals surface area contributed by atoms with Gasteiger partial charge in [-0.2, -0.15) is 5.26 Å². The van der Waals surface area contributed by atoms with E-state index in [0.717, 1.165) is 18.2 Å². The van der Waals surface area contributed by atoms with E-state index in [-0.39, 0.29) is 11.7 Å². The Balaban J connectivity index is 1.81. The molecule has 1 saturated carbocycles. The number of hydrogen-bond acceptors (Lipinski definition) is 3. The van der Waals surface area contributed by atoms with Crippen molar-refractivity contribution in [2.75, 3.05) is 0 Å². The number of amides is 1. The third-order valence-electron chi connectivity index (χ3n) is 3.17. The van der Waals surface area contributed by atoms with Gasteiger partial charge in [0.25, 0.3) is 5.91 Å². The second-order valence-electron chi connectivity index (χ2n) is 4.57. The van der Waals surface area contributed by atoms with Gasteiger partial charge in [-0.3, -0.25) is 4.79 Å². The highest BCUT2D eigenvalue weighted by molar-refractivity contribution is 5.96. The molecule has 4 nitrogen and oxygen atoms in total. The van der Waals surface area contributed by atoms with Crippen molar-refractivity contribution in [1.29, 1.82) is 5.26 Å². The first kappa shape index (κ1) is 10.8. The summed E-state index contributed by atoms with van der Waals surface area (Å²) in [6.45, 7) is 0. The Morgan fingerprint density at radius 1 is 1.44 bits per heavy atom. The summed E-state index contributed by atoms with van der Waals surface area (Å²) in [7, 11) is 0. The van der Waals surface area contributed by atoms with Crippen molar-refractivity contribution in [2.24, 2.45) is 5.92 Å². The molecule has 18 heavy (non-hydrogen) atoms. The van der Waals surface area contributed by atoms with E-state index in [1.54, 1.807) is 6.07 Å². The lowest BCUT2D eigenvalue weighted by Gasteiger charge is -2.08. The van der Waals surface area contributed by atoms with Crippen molar-refractivity contribution in [2.45, 2.75) is 18.9 Å². The lowest BCUT2D eigenvalue weighted by Crippen LogP contribution is -2.35. The summed E-state index contributed by atoms with van der Waals surface area (Å²) in [4.78, 5) is 12.0.